The van der Waals surface area contributed by atoms with Crippen molar-refractivity contribution >= 4 is 0 Å². The average Bonchev–Trinajstić information content (AvgIpc) is 3.10. The second-order valence-corrected chi connectivity index (χ2v) is 5.17. The van der Waals surface area contributed by atoms with Crippen LogP contribution in [0.5, 0.6) is 0 Å². The van der Waals surface area contributed by atoms with E-state index in [0.717, 1.165) is 6.07 Å². The molecule has 1 saturated heterocycles. The molecule has 1 N–H and O–H groups in total. The van der Waals surface area contributed by atoms with E-state index in [1.165, 1.54) is 18.5 Å². The van der Waals surface area contributed by atoms with Crippen LogP contribution in [0.2, 0.25) is 0 Å². The van der Waals surface area contributed by atoms with E-state index in [4.69, 9.17) is 4.74 Å². The van der Waals surface area contributed by atoms with E-state index in [2.05, 4.69) is 10.1 Å². The van der Waals surface area contributed by atoms with Gasteiger partial charge in [0.2, 0.25) is 0 Å². The number of rotatable bonds is 4. The summed E-state index contributed by atoms with van der Waals surface area (Å²) < 4.78 is 34.5. The zero-order valence-corrected chi connectivity index (χ0v) is 11.2. The highest BCUT2D eigenvalue weighted by atomic mass is 19.1. The van der Waals surface area contributed by atoms with Crippen molar-refractivity contribution in [2.75, 3.05) is 6.61 Å². The lowest BCUT2D eigenvalue weighted by Gasteiger charge is -2.28. The van der Waals surface area contributed by atoms with Crippen LogP contribution in [0.15, 0.2) is 30.9 Å². The summed E-state index contributed by atoms with van der Waals surface area (Å²) in [6.07, 6.45) is 3.90. The fourth-order valence-corrected chi connectivity index (χ4v) is 2.75. The summed E-state index contributed by atoms with van der Waals surface area (Å²) in [5.74, 6) is -1.35. The van der Waals surface area contributed by atoms with Gasteiger partial charge in [-0.3, -0.25) is 4.68 Å². The molecular formula is C14H15F2N3O2. The van der Waals surface area contributed by atoms with E-state index < -0.39 is 17.2 Å². The lowest BCUT2D eigenvalue weighted by Crippen LogP contribution is -2.33. The lowest BCUT2D eigenvalue weighted by molar-refractivity contribution is -0.0849. The number of aliphatic hydroxyl groups is 1. The van der Waals surface area contributed by atoms with Crippen LogP contribution in [-0.4, -0.2) is 32.6 Å². The fourth-order valence-electron chi connectivity index (χ4n) is 2.75. The van der Waals surface area contributed by atoms with Crippen LogP contribution >= 0.6 is 0 Å². The predicted molar refractivity (Wildman–Crippen MR) is 69.3 cm³/mol. The van der Waals surface area contributed by atoms with Gasteiger partial charge >= 0.3 is 0 Å². The van der Waals surface area contributed by atoms with Crippen molar-refractivity contribution in [3.8, 4) is 0 Å². The lowest BCUT2D eigenvalue weighted by atomic mass is 9.91. The van der Waals surface area contributed by atoms with Crippen molar-refractivity contribution in [2.24, 2.45) is 0 Å². The topological polar surface area (TPSA) is 60.2 Å². The Labute approximate surface area is 120 Å². The first kappa shape index (κ1) is 14.1. The van der Waals surface area contributed by atoms with Gasteiger partial charge < -0.3 is 9.84 Å². The van der Waals surface area contributed by atoms with Crippen molar-refractivity contribution in [1.29, 1.82) is 0 Å². The molecule has 3 rings (SSSR count). The molecule has 7 heteroatoms. The summed E-state index contributed by atoms with van der Waals surface area (Å²) >= 11 is 0. The largest absolute Gasteiger partial charge is 0.393 e. The standard InChI is InChI=1S/C14H15F2N3O2/c15-10-1-2-12(13(16)5-10)14(7-20)4-3-11(21-14)6-19-9-17-8-18-19/h1-2,5,8-9,11,20H,3-4,6-7H2. The Hall–Kier alpha value is -1.86. The molecule has 2 atom stereocenters. The first-order valence-corrected chi connectivity index (χ1v) is 6.69. The molecule has 0 saturated carbocycles. The molecule has 0 radical (unpaired) electrons. The molecule has 1 fully saturated rings. The third-order valence-electron chi connectivity index (χ3n) is 3.80. The Morgan fingerprint density at radius 2 is 2.29 bits per heavy atom. The maximum Gasteiger partial charge on any atom is 0.137 e. The van der Waals surface area contributed by atoms with Crippen LogP contribution in [-0.2, 0) is 16.9 Å². The summed E-state index contributed by atoms with van der Waals surface area (Å²) in [5, 5.41) is 13.7. The van der Waals surface area contributed by atoms with Crippen LogP contribution in [0.4, 0.5) is 8.78 Å². The molecule has 5 nitrogen and oxygen atoms in total. The third-order valence-corrected chi connectivity index (χ3v) is 3.80. The maximum atomic E-state index is 14.0. The third kappa shape index (κ3) is 2.66. The van der Waals surface area contributed by atoms with E-state index >= 15 is 0 Å². The van der Waals surface area contributed by atoms with Crippen molar-refractivity contribution in [3.63, 3.8) is 0 Å². The normalized spacial score (nSPS) is 25.4. The van der Waals surface area contributed by atoms with Gasteiger partial charge in [-0.1, -0.05) is 6.07 Å². The molecule has 112 valence electrons. The Morgan fingerprint density at radius 1 is 1.43 bits per heavy atom. The van der Waals surface area contributed by atoms with E-state index in [1.54, 1.807) is 11.0 Å². The molecule has 1 aliphatic heterocycles. The molecule has 1 aromatic carbocycles. The van der Waals surface area contributed by atoms with Crippen molar-refractivity contribution in [2.45, 2.75) is 31.1 Å². The number of hydrogen-bond acceptors (Lipinski definition) is 4. The first-order valence-electron chi connectivity index (χ1n) is 6.69. The number of nitrogens with zero attached hydrogens (tertiary/aromatic N) is 3. The molecule has 0 spiro atoms. The van der Waals surface area contributed by atoms with Crippen molar-refractivity contribution in [3.05, 3.63) is 48.1 Å². The van der Waals surface area contributed by atoms with Crippen LogP contribution in [0.25, 0.3) is 0 Å². The van der Waals surface area contributed by atoms with E-state index in [1.807, 2.05) is 0 Å². The van der Waals surface area contributed by atoms with Crippen LogP contribution in [0, 0.1) is 11.6 Å². The van der Waals surface area contributed by atoms with E-state index in [-0.39, 0.29) is 18.3 Å². The number of benzene rings is 1. The molecule has 21 heavy (non-hydrogen) atoms. The quantitative estimate of drug-likeness (QED) is 0.931. The van der Waals surface area contributed by atoms with Gasteiger partial charge in [0.15, 0.2) is 0 Å². The number of halogens is 2. The molecule has 1 aliphatic rings. The van der Waals surface area contributed by atoms with Crippen molar-refractivity contribution < 1.29 is 18.6 Å². The first-order chi connectivity index (χ1) is 10.1. The Kier molecular flexibility index (Phi) is 3.69. The molecule has 0 aliphatic carbocycles. The molecule has 0 amide bonds. The number of ether oxygens (including phenoxy) is 1. The highest BCUT2D eigenvalue weighted by molar-refractivity contribution is 5.26. The van der Waals surface area contributed by atoms with Gasteiger partial charge in [-0.25, -0.2) is 13.8 Å². The second-order valence-electron chi connectivity index (χ2n) is 5.17. The number of aromatic nitrogens is 3. The zero-order valence-electron chi connectivity index (χ0n) is 11.2. The molecule has 2 unspecified atom stereocenters. The molecule has 2 heterocycles. The van der Waals surface area contributed by atoms with Gasteiger partial charge in [-0.15, -0.1) is 0 Å². The maximum absolute atomic E-state index is 14.0. The van der Waals surface area contributed by atoms with Gasteiger partial charge in [0.05, 0.1) is 19.3 Å². The summed E-state index contributed by atoms with van der Waals surface area (Å²) in [6.45, 7) is 0.119. The summed E-state index contributed by atoms with van der Waals surface area (Å²) in [4.78, 5) is 3.85. The second kappa shape index (κ2) is 5.50. The SMILES string of the molecule is OCC1(c2ccc(F)cc2F)CCC(Cn2cncn2)O1. The van der Waals surface area contributed by atoms with Crippen LogP contribution < -0.4 is 0 Å². The number of hydrogen-bond donors (Lipinski definition) is 1. The Morgan fingerprint density at radius 3 is 2.95 bits per heavy atom. The van der Waals surface area contributed by atoms with Crippen LogP contribution in [0.3, 0.4) is 0 Å². The van der Waals surface area contributed by atoms with Gasteiger partial charge in [-0.05, 0) is 18.9 Å². The fraction of sp³-hybridized carbons (Fsp3) is 0.429. The van der Waals surface area contributed by atoms with E-state index in [0.29, 0.717) is 19.4 Å². The minimum Gasteiger partial charge on any atom is -0.393 e. The molecular weight excluding hydrogens is 280 g/mol. The minimum atomic E-state index is -1.12. The zero-order chi connectivity index (χ0) is 14.9. The Bertz CT molecular complexity index is 621. The van der Waals surface area contributed by atoms with Crippen molar-refractivity contribution in [1.82, 2.24) is 14.8 Å². The predicted octanol–water partition coefficient (Wildman–Crippen LogP) is 1.62. The van der Waals surface area contributed by atoms with Gasteiger partial charge in [0.1, 0.15) is 29.9 Å². The average molecular weight is 295 g/mol. The monoisotopic (exact) mass is 295 g/mol. The summed E-state index contributed by atoms with van der Waals surface area (Å²) in [6, 6.07) is 3.31. The molecule has 1 aromatic heterocycles. The smallest absolute Gasteiger partial charge is 0.137 e. The number of aliphatic hydroxyl groups excluding tert-OH is 1. The highest BCUT2D eigenvalue weighted by Gasteiger charge is 2.43. The van der Waals surface area contributed by atoms with Gasteiger partial charge in [-0.2, -0.15) is 5.10 Å². The summed E-state index contributed by atoms with van der Waals surface area (Å²) in [7, 11) is 0. The molecule has 0 bridgehead atoms. The van der Waals surface area contributed by atoms with E-state index in [9.17, 15) is 13.9 Å². The highest BCUT2D eigenvalue weighted by Crippen LogP contribution is 2.40. The summed E-state index contributed by atoms with van der Waals surface area (Å²) in [5.41, 5.74) is -0.935. The minimum absolute atomic E-state index is 0.187. The molecule has 2 aromatic rings. The Balaban J connectivity index is 1.82. The van der Waals surface area contributed by atoms with Gasteiger partial charge in [0.25, 0.3) is 0 Å². The van der Waals surface area contributed by atoms with Crippen LogP contribution in [0.1, 0.15) is 18.4 Å². The van der Waals surface area contributed by atoms with Gasteiger partial charge in [0, 0.05) is 11.6 Å².